The number of furan rings is 1. The van der Waals surface area contributed by atoms with Gasteiger partial charge in [-0.15, -0.1) is 0 Å². The van der Waals surface area contributed by atoms with E-state index in [-0.39, 0.29) is 0 Å². The lowest BCUT2D eigenvalue weighted by Crippen LogP contribution is -2.00. The fourth-order valence-electron chi connectivity index (χ4n) is 8.03. The zero-order valence-corrected chi connectivity index (χ0v) is 30.2. The molecule has 8 aromatic carbocycles. The van der Waals surface area contributed by atoms with Crippen molar-refractivity contribution in [1.82, 2.24) is 19.5 Å². The van der Waals surface area contributed by atoms with Crippen LogP contribution in [0.1, 0.15) is 0 Å². The third kappa shape index (κ3) is 5.29. The summed E-state index contributed by atoms with van der Waals surface area (Å²) in [6.07, 6.45) is 0. The summed E-state index contributed by atoms with van der Waals surface area (Å²) in [4.78, 5) is 15.1. The molecule has 5 heteroatoms. The highest BCUT2D eigenvalue weighted by molar-refractivity contribution is 6.23. The van der Waals surface area contributed by atoms with Gasteiger partial charge in [0.2, 0.25) is 0 Å². The maximum absolute atomic E-state index is 6.91. The van der Waals surface area contributed by atoms with Gasteiger partial charge in [0.1, 0.15) is 5.58 Å². The molecule has 3 heterocycles. The average molecular weight is 717 g/mol. The number of benzene rings is 8. The zero-order valence-electron chi connectivity index (χ0n) is 30.2. The van der Waals surface area contributed by atoms with Gasteiger partial charge < -0.3 is 8.98 Å². The first-order valence-electron chi connectivity index (χ1n) is 18.8. The number of hydrogen-bond acceptors (Lipinski definition) is 4. The second-order valence-corrected chi connectivity index (χ2v) is 14.0. The molecule has 0 aliphatic carbocycles. The van der Waals surface area contributed by atoms with Crippen LogP contribution >= 0.6 is 0 Å². The van der Waals surface area contributed by atoms with Gasteiger partial charge in [0.15, 0.2) is 23.1 Å². The van der Waals surface area contributed by atoms with Crippen molar-refractivity contribution in [2.75, 3.05) is 0 Å². The van der Waals surface area contributed by atoms with Crippen LogP contribution in [0.15, 0.2) is 199 Å². The van der Waals surface area contributed by atoms with E-state index in [0.717, 1.165) is 66.3 Å². The Bertz CT molecular complexity index is 3160. The fraction of sp³-hybridized carbons (Fsp3) is 0. The number of fused-ring (bicyclic) bond motifs is 7. The van der Waals surface area contributed by atoms with Gasteiger partial charge in [0, 0.05) is 43.9 Å². The Morgan fingerprint density at radius 3 is 1.59 bits per heavy atom. The van der Waals surface area contributed by atoms with E-state index in [1.807, 2.05) is 72.8 Å². The smallest absolute Gasteiger partial charge is 0.164 e. The second kappa shape index (κ2) is 13.0. The lowest BCUT2D eigenvalue weighted by atomic mass is 9.99. The second-order valence-electron chi connectivity index (χ2n) is 14.0. The van der Waals surface area contributed by atoms with Gasteiger partial charge in [-0.1, -0.05) is 158 Å². The van der Waals surface area contributed by atoms with Gasteiger partial charge in [0.05, 0.1) is 11.0 Å². The van der Waals surface area contributed by atoms with Crippen molar-refractivity contribution in [1.29, 1.82) is 0 Å². The van der Waals surface area contributed by atoms with Gasteiger partial charge >= 0.3 is 0 Å². The molecule has 0 spiro atoms. The summed E-state index contributed by atoms with van der Waals surface area (Å²) in [5.74, 6) is 1.84. The molecule has 11 rings (SSSR count). The molecule has 0 aliphatic rings. The molecule has 56 heavy (non-hydrogen) atoms. The molecule has 0 amide bonds. The van der Waals surface area contributed by atoms with E-state index in [1.165, 1.54) is 22.1 Å². The van der Waals surface area contributed by atoms with E-state index in [9.17, 15) is 0 Å². The van der Waals surface area contributed by atoms with E-state index in [1.54, 1.807) is 0 Å². The van der Waals surface area contributed by atoms with Crippen molar-refractivity contribution in [3.63, 3.8) is 0 Å². The largest absolute Gasteiger partial charge is 0.454 e. The Kier molecular flexibility index (Phi) is 7.42. The minimum Gasteiger partial charge on any atom is -0.454 e. The van der Waals surface area contributed by atoms with Crippen molar-refractivity contribution in [2.24, 2.45) is 0 Å². The third-order valence-corrected chi connectivity index (χ3v) is 10.7. The monoisotopic (exact) mass is 716 g/mol. The Hall–Kier alpha value is -7.63. The van der Waals surface area contributed by atoms with E-state index in [0.29, 0.717) is 17.5 Å². The Labute approximate surface area is 322 Å². The summed E-state index contributed by atoms with van der Waals surface area (Å²) in [6, 6.07) is 67.4. The predicted molar refractivity (Wildman–Crippen MR) is 229 cm³/mol. The summed E-state index contributed by atoms with van der Waals surface area (Å²) in [6.45, 7) is 0. The molecular formula is C51H32N4O. The maximum Gasteiger partial charge on any atom is 0.164 e. The molecule has 11 aromatic rings. The lowest BCUT2D eigenvalue weighted by Gasteiger charge is -2.11. The number of hydrogen-bond donors (Lipinski definition) is 0. The highest BCUT2D eigenvalue weighted by atomic mass is 16.3. The molecule has 0 bridgehead atoms. The van der Waals surface area contributed by atoms with Crippen LogP contribution in [0.3, 0.4) is 0 Å². The summed E-state index contributed by atoms with van der Waals surface area (Å²) in [5.41, 5.74) is 12.3. The minimum absolute atomic E-state index is 0.596. The maximum atomic E-state index is 6.91. The number of para-hydroxylation sites is 1. The molecule has 3 aromatic heterocycles. The fourth-order valence-corrected chi connectivity index (χ4v) is 8.03. The first-order valence-corrected chi connectivity index (χ1v) is 18.8. The summed E-state index contributed by atoms with van der Waals surface area (Å²) in [7, 11) is 0. The van der Waals surface area contributed by atoms with Crippen molar-refractivity contribution in [2.45, 2.75) is 0 Å². The number of nitrogens with zero attached hydrogens (tertiary/aromatic N) is 4. The van der Waals surface area contributed by atoms with Gasteiger partial charge in [-0.05, 0) is 58.7 Å². The quantitative estimate of drug-likeness (QED) is 0.172. The van der Waals surface area contributed by atoms with Crippen LogP contribution in [-0.2, 0) is 0 Å². The van der Waals surface area contributed by atoms with E-state index < -0.39 is 0 Å². The predicted octanol–water partition coefficient (Wildman–Crippen LogP) is 13.2. The topological polar surface area (TPSA) is 56.7 Å². The van der Waals surface area contributed by atoms with Crippen LogP contribution in [-0.4, -0.2) is 19.5 Å². The van der Waals surface area contributed by atoms with Crippen LogP contribution in [0.4, 0.5) is 0 Å². The average Bonchev–Trinajstić information content (AvgIpc) is 3.84. The highest BCUT2D eigenvalue weighted by Crippen LogP contribution is 2.43. The number of rotatable bonds is 6. The van der Waals surface area contributed by atoms with Gasteiger partial charge in [-0.2, -0.15) is 0 Å². The zero-order chi connectivity index (χ0) is 37.0. The van der Waals surface area contributed by atoms with Gasteiger partial charge in [0.25, 0.3) is 0 Å². The van der Waals surface area contributed by atoms with Crippen molar-refractivity contribution in [3.05, 3.63) is 194 Å². The van der Waals surface area contributed by atoms with Gasteiger partial charge in [-0.3, -0.25) is 0 Å². The number of aromatic nitrogens is 4. The van der Waals surface area contributed by atoms with Crippen molar-refractivity contribution >= 4 is 43.7 Å². The van der Waals surface area contributed by atoms with Crippen LogP contribution in [0.25, 0.3) is 106 Å². The van der Waals surface area contributed by atoms with Crippen LogP contribution in [0.5, 0.6) is 0 Å². The molecule has 262 valence electrons. The molecule has 0 atom stereocenters. The summed E-state index contributed by atoms with van der Waals surface area (Å²) >= 11 is 0. The van der Waals surface area contributed by atoms with E-state index in [4.69, 9.17) is 19.4 Å². The first-order chi connectivity index (χ1) is 27.8. The Balaban J connectivity index is 1.10. The normalized spacial score (nSPS) is 11.6. The van der Waals surface area contributed by atoms with Crippen LogP contribution in [0.2, 0.25) is 0 Å². The lowest BCUT2D eigenvalue weighted by molar-refractivity contribution is 0.671. The first kappa shape index (κ1) is 31.9. The Morgan fingerprint density at radius 1 is 0.375 bits per heavy atom. The molecule has 0 aliphatic heterocycles. The van der Waals surface area contributed by atoms with Gasteiger partial charge in [-0.25, -0.2) is 15.0 Å². The van der Waals surface area contributed by atoms with E-state index in [2.05, 4.69) is 126 Å². The van der Waals surface area contributed by atoms with Crippen LogP contribution in [0, 0.1) is 0 Å². The summed E-state index contributed by atoms with van der Waals surface area (Å²) in [5, 5.41) is 4.27. The molecule has 0 radical (unpaired) electrons. The molecule has 0 saturated carbocycles. The van der Waals surface area contributed by atoms with Crippen molar-refractivity contribution in [3.8, 4) is 62.1 Å². The standard InChI is InChI=1S/C51H32N4O/c1-4-14-33(15-5-1)37-20-12-21-38(32-37)34-26-28-39(29-27-34)55-44-24-11-10-22-40(44)41-30-31-42-46-43(23-13-25-45(46)56-48(42)47(41)55)51-53-49(35-16-6-2-7-17-35)52-50(54-51)36-18-8-3-9-19-36/h1-32H. The Morgan fingerprint density at radius 2 is 0.911 bits per heavy atom. The molecule has 0 N–H and O–H groups in total. The van der Waals surface area contributed by atoms with E-state index >= 15 is 0 Å². The summed E-state index contributed by atoms with van der Waals surface area (Å²) < 4.78 is 9.24. The van der Waals surface area contributed by atoms with Crippen molar-refractivity contribution < 1.29 is 4.42 Å². The third-order valence-electron chi connectivity index (χ3n) is 10.7. The van der Waals surface area contributed by atoms with Crippen LogP contribution < -0.4 is 0 Å². The molecule has 5 nitrogen and oxygen atoms in total. The SMILES string of the molecule is c1ccc(-c2cccc(-c3ccc(-n4c5ccccc5c5ccc6c(oc7cccc(-c8nc(-c9ccccc9)nc(-c9ccccc9)n8)c76)c54)cc3)c2)cc1. The molecule has 0 fully saturated rings. The molecule has 0 unspecified atom stereocenters. The minimum atomic E-state index is 0.596. The highest BCUT2D eigenvalue weighted by Gasteiger charge is 2.22. The molecule has 0 saturated heterocycles. The molecular weight excluding hydrogens is 685 g/mol.